The molecule has 0 saturated carbocycles. The van der Waals surface area contributed by atoms with Crippen LogP contribution in [0, 0.1) is 0 Å². The molecule has 3 rings (SSSR count). The molecule has 144 valence electrons. The molecule has 0 aliphatic heterocycles. The number of H-pyrrole nitrogens is 1. The van der Waals surface area contributed by atoms with Crippen molar-refractivity contribution in [2.45, 2.75) is 13.5 Å². The second kappa shape index (κ2) is 8.14. The van der Waals surface area contributed by atoms with Crippen LogP contribution in [-0.4, -0.2) is 27.5 Å². The van der Waals surface area contributed by atoms with Gasteiger partial charge in [-0.05, 0) is 31.2 Å². The van der Waals surface area contributed by atoms with Crippen LogP contribution in [0.1, 0.15) is 18.1 Å². The van der Waals surface area contributed by atoms with Crippen LogP contribution >= 0.6 is 11.6 Å². The predicted molar refractivity (Wildman–Crippen MR) is 108 cm³/mol. The Morgan fingerprint density at radius 1 is 1.21 bits per heavy atom. The molecule has 0 saturated heterocycles. The summed E-state index contributed by atoms with van der Waals surface area (Å²) in [6, 6.07) is 13.7. The summed E-state index contributed by atoms with van der Waals surface area (Å²) in [6.07, 6.45) is 0. The van der Waals surface area contributed by atoms with Crippen LogP contribution in [0.3, 0.4) is 0 Å². The van der Waals surface area contributed by atoms with Crippen LogP contribution in [0.4, 0.5) is 0 Å². The van der Waals surface area contributed by atoms with Gasteiger partial charge in [0.25, 0.3) is 5.56 Å². The van der Waals surface area contributed by atoms with Crippen LogP contribution < -0.4 is 16.0 Å². The van der Waals surface area contributed by atoms with Gasteiger partial charge in [-0.2, -0.15) is 0 Å². The standard InChI is InChI=1S/C20H18ClN3O4/c1-12(22-11-13-6-3-4-9-16(13)28-2)17-18(25)23-20(27)24(19(17)26)15-8-5-7-14(21)10-15/h3-10,26H,11H2,1-2H3,(H,23,25,27). The molecule has 2 N–H and O–H groups in total. The highest BCUT2D eigenvalue weighted by atomic mass is 35.5. The lowest BCUT2D eigenvalue weighted by Crippen LogP contribution is -2.32. The summed E-state index contributed by atoms with van der Waals surface area (Å²) in [5.41, 5.74) is -0.156. The fourth-order valence-electron chi connectivity index (χ4n) is 2.82. The van der Waals surface area contributed by atoms with E-state index < -0.39 is 17.1 Å². The Morgan fingerprint density at radius 2 is 1.96 bits per heavy atom. The first-order valence-electron chi connectivity index (χ1n) is 8.40. The molecule has 0 aliphatic rings. The van der Waals surface area contributed by atoms with Crippen molar-refractivity contribution in [1.29, 1.82) is 0 Å². The zero-order valence-electron chi connectivity index (χ0n) is 15.3. The van der Waals surface area contributed by atoms with Gasteiger partial charge in [-0.25, -0.2) is 9.36 Å². The van der Waals surface area contributed by atoms with Gasteiger partial charge >= 0.3 is 5.69 Å². The van der Waals surface area contributed by atoms with E-state index in [2.05, 4.69) is 9.98 Å². The molecule has 1 heterocycles. The molecule has 0 radical (unpaired) electrons. The molecule has 7 nitrogen and oxygen atoms in total. The van der Waals surface area contributed by atoms with Crippen molar-refractivity contribution < 1.29 is 9.84 Å². The number of halogens is 1. The first-order valence-corrected chi connectivity index (χ1v) is 8.77. The van der Waals surface area contributed by atoms with E-state index >= 15 is 0 Å². The quantitative estimate of drug-likeness (QED) is 0.644. The van der Waals surface area contributed by atoms with Gasteiger partial charge in [0.1, 0.15) is 11.3 Å². The molecule has 0 fully saturated rings. The van der Waals surface area contributed by atoms with E-state index in [1.807, 2.05) is 24.3 Å². The summed E-state index contributed by atoms with van der Waals surface area (Å²) < 4.78 is 6.27. The number of aromatic hydroxyl groups is 1. The summed E-state index contributed by atoms with van der Waals surface area (Å²) >= 11 is 5.97. The van der Waals surface area contributed by atoms with E-state index in [0.717, 1.165) is 10.1 Å². The molecule has 28 heavy (non-hydrogen) atoms. The second-order valence-electron chi connectivity index (χ2n) is 5.99. The number of para-hydroxylation sites is 1. The van der Waals surface area contributed by atoms with E-state index in [4.69, 9.17) is 16.3 Å². The normalized spacial score (nSPS) is 11.5. The molecule has 0 unspecified atom stereocenters. The van der Waals surface area contributed by atoms with Crippen LogP contribution in [0.2, 0.25) is 5.02 Å². The Kier molecular flexibility index (Phi) is 5.65. The van der Waals surface area contributed by atoms with Crippen LogP contribution in [0.5, 0.6) is 11.6 Å². The minimum atomic E-state index is -0.772. The fourth-order valence-corrected chi connectivity index (χ4v) is 3.01. The molecule has 0 aliphatic carbocycles. The van der Waals surface area contributed by atoms with E-state index in [1.165, 1.54) is 6.07 Å². The average molecular weight is 400 g/mol. The van der Waals surface area contributed by atoms with Crippen LogP contribution in [0.15, 0.2) is 63.1 Å². The molecule has 2 aromatic carbocycles. The lowest BCUT2D eigenvalue weighted by Gasteiger charge is -2.12. The van der Waals surface area contributed by atoms with Gasteiger partial charge in [0, 0.05) is 10.6 Å². The fraction of sp³-hybridized carbons (Fsp3) is 0.150. The Morgan fingerprint density at radius 3 is 2.68 bits per heavy atom. The first kappa shape index (κ1) is 19.4. The number of aliphatic imine (C=N–C) groups is 1. The van der Waals surface area contributed by atoms with Gasteiger partial charge < -0.3 is 9.84 Å². The molecule has 8 heteroatoms. The summed E-state index contributed by atoms with van der Waals surface area (Å²) in [7, 11) is 1.56. The molecule has 0 amide bonds. The zero-order chi connectivity index (χ0) is 20.3. The number of methoxy groups -OCH3 is 1. The van der Waals surface area contributed by atoms with Gasteiger partial charge in [-0.15, -0.1) is 0 Å². The van der Waals surface area contributed by atoms with Crippen molar-refractivity contribution in [2.75, 3.05) is 7.11 Å². The largest absolute Gasteiger partial charge is 0.496 e. The highest BCUT2D eigenvalue weighted by molar-refractivity contribution is 6.30. The van der Waals surface area contributed by atoms with E-state index in [-0.39, 0.29) is 17.8 Å². The lowest BCUT2D eigenvalue weighted by molar-refractivity contribution is 0.410. The third-order valence-corrected chi connectivity index (χ3v) is 4.43. The van der Waals surface area contributed by atoms with Crippen molar-refractivity contribution in [3.63, 3.8) is 0 Å². The first-order chi connectivity index (χ1) is 13.4. The van der Waals surface area contributed by atoms with E-state index in [9.17, 15) is 14.7 Å². The number of ether oxygens (including phenoxy) is 1. The monoisotopic (exact) mass is 399 g/mol. The SMILES string of the molecule is COc1ccccc1CN=C(C)c1c(O)n(-c2cccc(Cl)c2)c(=O)[nH]c1=O. The molecule has 0 spiro atoms. The number of aromatic nitrogens is 2. The molecule has 1 aromatic heterocycles. The second-order valence-corrected chi connectivity index (χ2v) is 6.42. The molecule has 0 atom stereocenters. The van der Waals surface area contributed by atoms with Crippen molar-refractivity contribution in [2.24, 2.45) is 4.99 Å². The summed E-state index contributed by atoms with van der Waals surface area (Å²) in [4.78, 5) is 31.2. The number of rotatable bonds is 5. The Hall–Kier alpha value is -3.32. The van der Waals surface area contributed by atoms with Crippen LogP contribution in [0.25, 0.3) is 5.69 Å². The highest BCUT2D eigenvalue weighted by Gasteiger charge is 2.18. The predicted octanol–water partition coefficient (Wildman–Crippen LogP) is 2.90. The number of benzene rings is 2. The molecular weight excluding hydrogens is 382 g/mol. The zero-order valence-corrected chi connectivity index (χ0v) is 16.0. The van der Waals surface area contributed by atoms with Crippen LogP contribution in [-0.2, 0) is 6.54 Å². The Balaban J connectivity index is 2.08. The third kappa shape index (κ3) is 3.84. The number of nitrogens with zero attached hydrogens (tertiary/aromatic N) is 2. The lowest BCUT2D eigenvalue weighted by atomic mass is 10.1. The summed E-state index contributed by atoms with van der Waals surface area (Å²) in [5.74, 6) is 0.165. The highest BCUT2D eigenvalue weighted by Crippen LogP contribution is 2.21. The minimum absolute atomic E-state index is 0.0885. The van der Waals surface area contributed by atoms with Gasteiger partial charge in [-0.1, -0.05) is 35.9 Å². The smallest absolute Gasteiger partial charge is 0.335 e. The van der Waals surface area contributed by atoms with Gasteiger partial charge in [-0.3, -0.25) is 14.8 Å². The molecular formula is C20H18ClN3O4. The number of hydrogen-bond donors (Lipinski definition) is 2. The maximum Gasteiger partial charge on any atom is 0.335 e. The number of aromatic amines is 1. The maximum absolute atomic E-state index is 12.3. The summed E-state index contributed by atoms with van der Waals surface area (Å²) in [6.45, 7) is 1.83. The number of hydrogen-bond acceptors (Lipinski definition) is 5. The minimum Gasteiger partial charge on any atom is -0.496 e. The van der Waals surface area contributed by atoms with E-state index in [0.29, 0.717) is 16.5 Å². The molecule has 3 aromatic rings. The van der Waals surface area contributed by atoms with Gasteiger partial charge in [0.2, 0.25) is 5.88 Å². The van der Waals surface area contributed by atoms with Crippen molar-refractivity contribution >= 4 is 17.3 Å². The van der Waals surface area contributed by atoms with E-state index in [1.54, 1.807) is 32.2 Å². The van der Waals surface area contributed by atoms with Crippen molar-refractivity contribution in [3.8, 4) is 17.3 Å². The third-order valence-electron chi connectivity index (χ3n) is 4.19. The van der Waals surface area contributed by atoms with Gasteiger partial charge in [0.05, 0.1) is 25.1 Å². The Labute approximate surface area is 165 Å². The maximum atomic E-state index is 12.3. The molecule has 0 bridgehead atoms. The number of nitrogens with one attached hydrogen (secondary N) is 1. The van der Waals surface area contributed by atoms with Gasteiger partial charge in [0.15, 0.2) is 0 Å². The summed E-state index contributed by atoms with van der Waals surface area (Å²) in [5, 5.41) is 11.0. The average Bonchev–Trinajstić information content (AvgIpc) is 2.66. The Bertz CT molecular complexity index is 1160. The topological polar surface area (TPSA) is 96.7 Å². The van der Waals surface area contributed by atoms with Crippen molar-refractivity contribution in [3.05, 3.63) is 85.5 Å². The van der Waals surface area contributed by atoms with Crippen molar-refractivity contribution in [1.82, 2.24) is 9.55 Å².